The van der Waals surface area contributed by atoms with E-state index in [-0.39, 0.29) is 5.91 Å². The van der Waals surface area contributed by atoms with Crippen molar-refractivity contribution in [3.05, 3.63) is 35.4 Å². The summed E-state index contributed by atoms with van der Waals surface area (Å²) in [4.78, 5) is 29.8. The van der Waals surface area contributed by atoms with Crippen molar-refractivity contribution in [1.29, 1.82) is 0 Å². The Morgan fingerprint density at radius 3 is 3.08 bits per heavy atom. The first-order chi connectivity index (χ1) is 11.7. The molecule has 1 aromatic heterocycles. The van der Waals surface area contributed by atoms with E-state index in [0.717, 1.165) is 20.3 Å². The molecule has 1 fully saturated rings. The lowest BCUT2D eigenvalue weighted by Gasteiger charge is -2.16. The van der Waals surface area contributed by atoms with Gasteiger partial charge in [-0.15, -0.1) is 11.3 Å². The molecule has 0 aliphatic carbocycles. The summed E-state index contributed by atoms with van der Waals surface area (Å²) in [6.07, 6.45) is 1.40. The van der Waals surface area contributed by atoms with Crippen molar-refractivity contribution in [3.63, 3.8) is 0 Å². The molecule has 8 heteroatoms. The van der Waals surface area contributed by atoms with Crippen LogP contribution in [0.25, 0.3) is 10.2 Å². The summed E-state index contributed by atoms with van der Waals surface area (Å²) >= 11 is 4.66. The van der Waals surface area contributed by atoms with Gasteiger partial charge in [0, 0.05) is 12.3 Å². The number of ether oxygens (including phenoxy) is 1. The number of rotatable bonds is 6. The van der Waals surface area contributed by atoms with E-state index in [4.69, 9.17) is 4.74 Å². The topological polar surface area (TPSA) is 59.5 Å². The molecular formula is C16H16N2O3S3. The molecule has 0 N–H and O–H groups in total. The minimum Gasteiger partial charge on any atom is -0.463 e. The zero-order chi connectivity index (χ0) is 16.9. The van der Waals surface area contributed by atoms with Crippen LogP contribution in [-0.4, -0.2) is 46.4 Å². The Labute approximate surface area is 152 Å². The first-order valence-corrected chi connectivity index (χ1v) is 10.3. The number of benzene rings is 1. The Hall–Kier alpha value is -1.51. The number of carbonyl (C=O) groups excluding carboxylic acids is 2. The van der Waals surface area contributed by atoms with Crippen LogP contribution in [0.1, 0.15) is 6.92 Å². The summed E-state index contributed by atoms with van der Waals surface area (Å²) in [5.74, 6) is 0.725. The molecule has 2 aromatic rings. The number of amides is 1. The van der Waals surface area contributed by atoms with E-state index in [9.17, 15) is 9.59 Å². The van der Waals surface area contributed by atoms with Gasteiger partial charge >= 0.3 is 5.97 Å². The molecule has 0 saturated carbocycles. The van der Waals surface area contributed by atoms with Crippen molar-refractivity contribution in [2.75, 3.05) is 24.7 Å². The van der Waals surface area contributed by atoms with E-state index in [1.54, 1.807) is 34.9 Å². The lowest BCUT2D eigenvalue weighted by molar-refractivity contribution is -0.137. The van der Waals surface area contributed by atoms with Crippen molar-refractivity contribution in [1.82, 2.24) is 9.88 Å². The highest BCUT2D eigenvalue weighted by atomic mass is 32.2. The summed E-state index contributed by atoms with van der Waals surface area (Å²) in [6, 6.07) is 8.03. The fraction of sp³-hybridized carbons (Fsp3) is 0.312. The third-order valence-corrected chi connectivity index (χ3v) is 6.44. The van der Waals surface area contributed by atoms with Gasteiger partial charge in [0.25, 0.3) is 0 Å². The number of esters is 1. The predicted octanol–water partition coefficient (Wildman–Crippen LogP) is 3.37. The average molecular weight is 381 g/mol. The Kier molecular flexibility index (Phi) is 5.80. The molecule has 3 rings (SSSR count). The highest BCUT2D eigenvalue weighted by Gasteiger charge is 2.27. The first-order valence-electron chi connectivity index (χ1n) is 7.47. The van der Waals surface area contributed by atoms with Crippen LogP contribution in [0.15, 0.2) is 39.7 Å². The van der Waals surface area contributed by atoms with E-state index in [1.165, 1.54) is 17.8 Å². The van der Waals surface area contributed by atoms with Gasteiger partial charge in [-0.1, -0.05) is 35.7 Å². The Bertz CT molecular complexity index is 755. The van der Waals surface area contributed by atoms with Crippen LogP contribution in [0, 0.1) is 0 Å². The Balaban J connectivity index is 1.59. The third kappa shape index (κ3) is 4.12. The number of carbonyl (C=O) groups is 2. The highest BCUT2D eigenvalue weighted by molar-refractivity contribution is 8.04. The molecule has 2 heterocycles. The molecule has 1 aliphatic rings. The predicted molar refractivity (Wildman–Crippen MR) is 99.2 cm³/mol. The molecule has 5 nitrogen and oxygen atoms in total. The number of hydrogen-bond acceptors (Lipinski definition) is 7. The van der Waals surface area contributed by atoms with E-state index in [2.05, 4.69) is 11.1 Å². The molecule has 0 atom stereocenters. The van der Waals surface area contributed by atoms with Gasteiger partial charge in [-0.3, -0.25) is 4.79 Å². The van der Waals surface area contributed by atoms with Gasteiger partial charge in [0.15, 0.2) is 4.34 Å². The van der Waals surface area contributed by atoms with Crippen molar-refractivity contribution >= 4 is 57.0 Å². The minimum atomic E-state index is -0.404. The first kappa shape index (κ1) is 17.3. The van der Waals surface area contributed by atoms with Gasteiger partial charge < -0.3 is 9.64 Å². The summed E-state index contributed by atoms with van der Waals surface area (Å²) in [5.41, 5.74) is 1.00. The Morgan fingerprint density at radius 2 is 2.29 bits per heavy atom. The second-order valence-electron chi connectivity index (χ2n) is 4.86. The van der Waals surface area contributed by atoms with Gasteiger partial charge in [0.2, 0.25) is 5.91 Å². The summed E-state index contributed by atoms with van der Waals surface area (Å²) in [5, 5.41) is 0.670. The van der Waals surface area contributed by atoms with Crippen molar-refractivity contribution in [2.45, 2.75) is 11.3 Å². The number of hydrogen-bond donors (Lipinski definition) is 0. The van der Waals surface area contributed by atoms with E-state index in [1.807, 2.05) is 18.2 Å². The standard InChI is InChI=1S/C16H16N2O3S3/c1-2-21-15(20)9-14-18(13(19)10-23-14)7-8-22-16-17-11-5-3-4-6-12(11)24-16/h3-6,9H,2,7-8,10H2,1H3/b14-9-. The van der Waals surface area contributed by atoms with Gasteiger partial charge in [-0.05, 0) is 19.1 Å². The van der Waals surface area contributed by atoms with E-state index in [0.29, 0.717) is 23.9 Å². The van der Waals surface area contributed by atoms with Gasteiger partial charge in [0.1, 0.15) is 0 Å². The monoisotopic (exact) mass is 380 g/mol. The number of thiazole rings is 1. The van der Waals surface area contributed by atoms with Crippen LogP contribution < -0.4 is 0 Å². The number of thioether (sulfide) groups is 2. The second-order valence-corrected chi connectivity index (χ2v) is 8.23. The summed E-state index contributed by atoms with van der Waals surface area (Å²) in [6.45, 7) is 2.64. The Morgan fingerprint density at radius 1 is 1.46 bits per heavy atom. The number of nitrogens with zero attached hydrogens (tertiary/aromatic N) is 2. The lowest BCUT2D eigenvalue weighted by atomic mass is 10.3. The molecule has 1 aliphatic heterocycles. The lowest BCUT2D eigenvalue weighted by Crippen LogP contribution is -2.27. The average Bonchev–Trinajstić information content (AvgIpc) is 3.12. The quantitative estimate of drug-likeness (QED) is 0.435. The van der Waals surface area contributed by atoms with Crippen LogP contribution in [0.2, 0.25) is 0 Å². The maximum Gasteiger partial charge on any atom is 0.333 e. The molecule has 0 bridgehead atoms. The van der Waals surface area contributed by atoms with Gasteiger partial charge in [0.05, 0.1) is 33.7 Å². The molecule has 1 saturated heterocycles. The maximum absolute atomic E-state index is 12.0. The van der Waals surface area contributed by atoms with E-state index >= 15 is 0 Å². The molecule has 0 spiro atoms. The molecule has 126 valence electrons. The van der Waals surface area contributed by atoms with Crippen LogP contribution >= 0.6 is 34.9 Å². The molecule has 1 aromatic carbocycles. The minimum absolute atomic E-state index is 0.0282. The van der Waals surface area contributed by atoms with Crippen LogP contribution in [0.3, 0.4) is 0 Å². The summed E-state index contributed by atoms with van der Waals surface area (Å²) in [7, 11) is 0. The van der Waals surface area contributed by atoms with Gasteiger partial charge in [-0.2, -0.15) is 0 Å². The molecule has 0 unspecified atom stereocenters. The zero-order valence-corrected chi connectivity index (χ0v) is 15.5. The maximum atomic E-state index is 12.0. The van der Waals surface area contributed by atoms with Crippen molar-refractivity contribution in [2.24, 2.45) is 0 Å². The normalized spacial score (nSPS) is 16.3. The fourth-order valence-corrected chi connectivity index (χ4v) is 5.21. The SMILES string of the molecule is CCOC(=O)/C=C1\SCC(=O)N1CCSc1nc2ccccc2s1. The molecule has 0 radical (unpaired) electrons. The zero-order valence-electron chi connectivity index (χ0n) is 13.1. The third-order valence-electron chi connectivity index (χ3n) is 3.25. The van der Waals surface area contributed by atoms with Crippen molar-refractivity contribution < 1.29 is 14.3 Å². The molecular weight excluding hydrogens is 364 g/mol. The molecule has 1 amide bonds. The second kappa shape index (κ2) is 8.04. The summed E-state index contributed by atoms with van der Waals surface area (Å²) < 4.78 is 7.07. The van der Waals surface area contributed by atoms with Crippen LogP contribution in [0.4, 0.5) is 0 Å². The largest absolute Gasteiger partial charge is 0.463 e. The molecule has 24 heavy (non-hydrogen) atoms. The number of fused-ring (bicyclic) bond motifs is 1. The van der Waals surface area contributed by atoms with Crippen molar-refractivity contribution in [3.8, 4) is 0 Å². The smallest absolute Gasteiger partial charge is 0.333 e. The highest BCUT2D eigenvalue weighted by Crippen LogP contribution is 2.32. The van der Waals surface area contributed by atoms with Gasteiger partial charge in [-0.25, -0.2) is 9.78 Å². The number of aromatic nitrogens is 1. The fourth-order valence-electron chi connectivity index (χ4n) is 2.19. The van der Waals surface area contributed by atoms with E-state index < -0.39 is 5.97 Å². The van der Waals surface area contributed by atoms with Crippen LogP contribution in [0.5, 0.6) is 0 Å². The number of para-hydroxylation sites is 1. The van der Waals surface area contributed by atoms with Crippen LogP contribution in [-0.2, 0) is 14.3 Å².